The van der Waals surface area contributed by atoms with E-state index in [1.54, 1.807) is 25.3 Å². The monoisotopic (exact) mass is 300 g/mol. The Morgan fingerprint density at radius 3 is 2.48 bits per heavy atom. The third kappa shape index (κ3) is 5.47. The number of aromatic nitrogens is 1. The van der Waals surface area contributed by atoms with Crippen molar-refractivity contribution < 1.29 is 22.3 Å². The second-order valence-corrected chi connectivity index (χ2v) is 4.50. The summed E-state index contributed by atoms with van der Waals surface area (Å²) in [4.78, 5) is 3.98. The van der Waals surface area contributed by atoms with Gasteiger partial charge in [0.15, 0.2) is 12.5 Å². The van der Waals surface area contributed by atoms with Crippen LogP contribution in [0.5, 0.6) is 5.75 Å². The van der Waals surface area contributed by atoms with Gasteiger partial charge in [-0.15, -0.1) is 0 Å². The molecule has 0 aliphatic carbocycles. The lowest BCUT2D eigenvalue weighted by Crippen LogP contribution is -2.19. The van der Waals surface area contributed by atoms with E-state index in [1.807, 2.05) is 0 Å². The van der Waals surface area contributed by atoms with Gasteiger partial charge in [-0.3, -0.25) is 0 Å². The molecular formula is C14H15F3N2O2. The fourth-order valence-electron chi connectivity index (χ4n) is 1.69. The topological polar surface area (TPSA) is 47.3 Å². The number of oxazole rings is 1. The van der Waals surface area contributed by atoms with Crippen molar-refractivity contribution in [1.29, 1.82) is 0 Å². The van der Waals surface area contributed by atoms with E-state index in [9.17, 15) is 13.2 Å². The number of nitrogens with one attached hydrogen (secondary N) is 1. The van der Waals surface area contributed by atoms with E-state index in [-0.39, 0.29) is 5.75 Å². The fourth-order valence-corrected chi connectivity index (χ4v) is 1.69. The Labute approximate surface area is 119 Å². The molecule has 0 saturated heterocycles. The first-order valence-electron chi connectivity index (χ1n) is 6.33. The van der Waals surface area contributed by atoms with Gasteiger partial charge in [0, 0.05) is 13.5 Å². The van der Waals surface area contributed by atoms with Crippen molar-refractivity contribution in [2.75, 3.05) is 6.61 Å². The first-order chi connectivity index (χ1) is 9.92. The molecule has 0 spiro atoms. The molecule has 2 aromatic rings. The first kappa shape index (κ1) is 15.4. The molecule has 0 amide bonds. The molecule has 0 aliphatic heterocycles. The lowest BCUT2D eigenvalue weighted by atomic mass is 10.2. The molecule has 7 heteroatoms. The summed E-state index contributed by atoms with van der Waals surface area (Å²) >= 11 is 0. The number of nitrogens with zero attached hydrogens (tertiary/aromatic N) is 1. The summed E-state index contributed by atoms with van der Waals surface area (Å²) in [6.07, 6.45) is -2.67. The average Bonchev–Trinajstić information content (AvgIpc) is 2.83. The standard InChI is InChI=1S/C14H15F3N2O2/c1-10-19-8-13(21-10)7-18-6-11-2-4-12(5-3-11)20-9-14(15,16)17/h2-5,8,18H,6-7,9H2,1H3. The SMILES string of the molecule is Cc1ncc(CNCc2ccc(OCC(F)(F)F)cc2)o1. The molecule has 0 radical (unpaired) electrons. The minimum atomic E-state index is -4.32. The molecule has 1 heterocycles. The molecule has 1 N–H and O–H groups in total. The van der Waals surface area contributed by atoms with Crippen LogP contribution in [0.2, 0.25) is 0 Å². The zero-order valence-electron chi connectivity index (χ0n) is 11.4. The maximum Gasteiger partial charge on any atom is 0.422 e. The Hall–Kier alpha value is -2.02. The summed E-state index contributed by atoms with van der Waals surface area (Å²) in [6, 6.07) is 6.46. The van der Waals surface area contributed by atoms with Crippen LogP contribution in [0.4, 0.5) is 13.2 Å². The summed E-state index contributed by atoms with van der Waals surface area (Å²) in [6.45, 7) is 1.59. The molecule has 21 heavy (non-hydrogen) atoms. The second kappa shape index (κ2) is 6.62. The Bertz CT molecular complexity index is 564. The van der Waals surface area contributed by atoms with Crippen molar-refractivity contribution in [3.05, 3.63) is 47.7 Å². The Morgan fingerprint density at radius 2 is 1.90 bits per heavy atom. The van der Waals surface area contributed by atoms with Gasteiger partial charge in [-0.25, -0.2) is 4.98 Å². The predicted octanol–water partition coefficient (Wildman–Crippen LogP) is 3.21. The minimum Gasteiger partial charge on any atom is -0.484 e. The molecule has 1 aromatic carbocycles. The van der Waals surface area contributed by atoms with Crippen LogP contribution in [0.3, 0.4) is 0 Å². The van der Waals surface area contributed by atoms with Crippen LogP contribution in [0.25, 0.3) is 0 Å². The molecule has 0 saturated carbocycles. The number of hydrogen-bond donors (Lipinski definition) is 1. The van der Waals surface area contributed by atoms with Crippen molar-refractivity contribution >= 4 is 0 Å². The van der Waals surface area contributed by atoms with Crippen molar-refractivity contribution in [2.24, 2.45) is 0 Å². The molecule has 0 bridgehead atoms. The molecule has 0 fully saturated rings. The van der Waals surface area contributed by atoms with Crippen LogP contribution in [0.1, 0.15) is 17.2 Å². The van der Waals surface area contributed by atoms with E-state index in [2.05, 4.69) is 15.0 Å². The summed E-state index contributed by atoms with van der Waals surface area (Å²) in [5.74, 6) is 1.54. The third-order valence-electron chi connectivity index (χ3n) is 2.62. The second-order valence-electron chi connectivity index (χ2n) is 4.50. The van der Waals surface area contributed by atoms with E-state index in [1.165, 1.54) is 12.1 Å². The maximum absolute atomic E-state index is 12.0. The summed E-state index contributed by atoms with van der Waals surface area (Å²) < 4.78 is 45.9. The summed E-state index contributed by atoms with van der Waals surface area (Å²) in [5.41, 5.74) is 0.936. The Balaban J connectivity index is 1.77. The van der Waals surface area contributed by atoms with E-state index < -0.39 is 12.8 Å². The zero-order valence-corrected chi connectivity index (χ0v) is 11.4. The highest BCUT2D eigenvalue weighted by Crippen LogP contribution is 2.18. The normalized spacial score (nSPS) is 11.6. The van der Waals surface area contributed by atoms with Crippen molar-refractivity contribution in [2.45, 2.75) is 26.2 Å². The lowest BCUT2D eigenvalue weighted by Gasteiger charge is -2.09. The van der Waals surface area contributed by atoms with Crippen molar-refractivity contribution in [3.8, 4) is 5.75 Å². The number of aryl methyl sites for hydroxylation is 1. The number of hydrogen-bond acceptors (Lipinski definition) is 4. The number of halogens is 3. The quantitative estimate of drug-likeness (QED) is 0.890. The molecular weight excluding hydrogens is 285 g/mol. The van der Waals surface area contributed by atoms with Crippen LogP contribution < -0.4 is 10.1 Å². The lowest BCUT2D eigenvalue weighted by molar-refractivity contribution is -0.153. The molecule has 1 aromatic heterocycles. The molecule has 0 unspecified atom stereocenters. The van der Waals surface area contributed by atoms with Crippen LogP contribution >= 0.6 is 0 Å². The van der Waals surface area contributed by atoms with E-state index in [4.69, 9.17) is 4.42 Å². The Kier molecular flexibility index (Phi) is 4.85. The highest BCUT2D eigenvalue weighted by Gasteiger charge is 2.28. The average molecular weight is 300 g/mol. The van der Waals surface area contributed by atoms with Crippen LogP contribution in [0, 0.1) is 6.92 Å². The molecule has 0 atom stereocenters. The number of rotatable bonds is 6. The van der Waals surface area contributed by atoms with Gasteiger partial charge in [-0.1, -0.05) is 12.1 Å². The van der Waals surface area contributed by atoms with Gasteiger partial charge >= 0.3 is 6.18 Å². The van der Waals surface area contributed by atoms with E-state index in [0.717, 1.165) is 11.3 Å². The fraction of sp³-hybridized carbons (Fsp3) is 0.357. The number of ether oxygens (including phenoxy) is 1. The maximum atomic E-state index is 12.0. The first-order valence-corrected chi connectivity index (χ1v) is 6.33. The van der Waals surface area contributed by atoms with E-state index >= 15 is 0 Å². The van der Waals surface area contributed by atoms with Crippen LogP contribution in [-0.2, 0) is 13.1 Å². The molecule has 0 aliphatic rings. The van der Waals surface area contributed by atoms with Gasteiger partial charge in [0.2, 0.25) is 0 Å². The largest absolute Gasteiger partial charge is 0.484 e. The molecule has 4 nitrogen and oxygen atoms in total. The summed E-state index contributed by atoms with van der Waals surface area (Å²) in [5, 5.41) is 3.15. The number of benzene rings is 1. The van der Waals surface area contributed by atoms with Gasteiger partial charge in [0.1, 0.15) is 11.5 Å². The Morgan fingerprint density at radius 1 is 1.19 bits per heavy atom. The van der Waals surface area contributed by atoms with Crippen molar-refractivity contribution in [1.82, 2.24) is 10.3 Å². The zero-order chi connectivity index (χ0) is 15.3. The highest BCUT2D eigenvalue weighted by molar-refractivity contribution is 5.27. The highest BCUT2D eigenvalue weighted by atomic mass is 19.4. The molecule has 114 valence electrons. The van der Waals surface area contributed by atoms with Gasteiger partial charge in [0.25, 0.3) is 0 Å². The van der Waals surface area contributed by atoms with Gasteiger partial charge < -0.3 is 14.5 Å². The predicted molar refractivity (Wildman–Crippen MR) is 69.8 cm³/mol. The summed E-state index contributed by atoms with van der Waals surface area (Å²) in [7, 11) is 0. The smallest absolute Gasteiger partial charge is 0.422 e. The van der Waals surface area contributed by atoms with E-state index in [0.29, 0.717) is 19.0 Å². The van der Waals surface area contributed by atoms with Gasteiger partial charge in [0.05, 0.1) is 12.7 Å². The van der Waals surface area contributed by atoms with Crippen molar-refractivity contribution in [3.63, 3.8) is 0 Å². The molecule has 2 rings (SSSR count). The van der Waals surface area contributed by atoms with Gasteiger partial charge in [-0.2, -0.15) is 13.2 Å². The number of alkyl halides is 3. The van der Waals surface area contributed by atoms with Crippen LogP contribution in [-0.4, -0.2) is 17.8 Å². The van der Waals surface area contributed by atoms with Crippen LogP contribution in [0.15, 0.2) is 34.9 Å². The minimum absolute atomic E-state index is 0.196. The third-order valence-corrected chi connectivity index (χ3v) is 2.62. The van der Waals surface area contributed by atoms with Gasteiger partial charge in [-0.05, 0) is 17.7 Å².